The lowest BCUT2D eigenvalue weighted by atomic mass is 9.98. The smallest absolute Gasteiger partial charge is 0.322 e. The zero-order valence-electron chi connectivity index (χ0n) is 13.9. The van der Waals surface area contributed by atoms with Crippen LogP contribution in [0, 0.1) is 6.92 Å². The van der Waals surface area contributed by atoms with E-state index in [1.165, 1.54) is 6.20 Å². The van der Waals surface area contributed by atoms with Crippen LogP contribution in [0.2, 0.25) is 0 Å². The van der Waals surface area contributed by atoms with Crippen molar-refractivity contribution in [1.29, 1.82) is 0 Å². The Labute approximate surface area is 143 Å². The number of aromatic amines is 1. The number of aromatic nitrogens is 4. The lowest BCUT2D eigenvalue weighted by molar-refractivity contribution is -0.125. The van der Waals surface area contributed by atoms with Crippen molar-refractivity contribution in [3.8, 4) is 0 Å². The van der Waals surface area contributed by atoms with Crippen LogP contribution in [0.1, 0.15) is 23.6 Å². The number of amides is 4. The molecule has 2 aromatic rings. The van der Waals surface area contributed by atoms with Crippen molar-refractivity contribution in [3.05, 3.63) is 35.7 Å². The van der Waals surface area contributed by atoms with Crippen LogP contribution in [-0.2, 0) is 28.6 Å². The number of H-pyrrole nitrogens is 1. The summed E-state index contributed by atoms with van der Waals surface area (Å²) < 4.78 is 1.63. The second-order valence-electron chi connectivity index (χ2n) is 5.99. The lowest BCUT2D eigenvalue weighted by Gasteiger charge is -2.25. The number of hydrogen-bond donors (Lipinski definition) is 4. The summed E-state index contributed by atoms with van der Waals surface area (Å²) in [5.41, 5.74) is 0.293. The van der Waals surface area contributed by atoms with E-state index in [9.17, 15) is 14.4 Å². The Bertz CT molecular complexity index is 825. The molecule has 10 heteroatoms. The third-order valence-corrected chi connectivity index (χ3v) is 4.06. The molecule has 25 heavy (non-hydrogen) atoms. The first-order valence-electron chi connectivity index (χ1n) is 7.80. The highest BCUT2D eigenvalue weighted by Gasteiger charge is 2.50. The standard InChI is InChI=1S/C15H19N7O3/c1-9-7-10(21-20-9)3-4-11(23)17-8-15(12-16-5-6-22(12)2)13(24)18-14(25)19-15/h5-7H,3-4,8H2,1-2H3,(H,17,23)(H,20,21)(H2,18,19,24,25). The molecule has 10 nitrogen and oxygen atoms in total. The molecule has 132 valence electrons. The summed E-state index contributed by atoms with van der Waals surface area (Å²) in [6, 6.07) is 1.25. The first-order chi connectivity index (χ1) is 11.9. The number of carbonyl (C=O) groups is 3. The number of imidazole rings is 1. The number of imide groups is 1. The van der Waals surface area contributed by atoms with Crippen LogP contribution in [-0.4, -0.2) is 44.1 Å². The van der Waals surface area contributed by atoms with Crippen molar-refractivity contribution in [3.63, 3.8) is 0 Å². The molecule has 0 aromatic carbocycles. The van der Waals surface area contributed by atoms with Gasteiger partial charge in [-0.1, -0.05) is 0 Å². The topological polar surface area (TPSA) is 134 Å². The molecular weight excluding hydrogens is 326 g/mol. The van der Waals surface area contributed by atoms with Gasteiger partial charge in [0.2, 0.25) is 5.91 Å². The fraction of sp³-hybridized carbons (Fsp3) is 0.400. The lowest BCUT2D eigenvalue weighted by Crippen LogP contribution is -2.54. The van der Waals surface area contributed by atoms with E-state index in [0.717, 1.165) is 11.4 Å². The van der Waals surface area contributed by atoms with Crippen LogP contribution in [0.5, 0.6) is 0 Å². The number of rotatable bonds is 6. The monoisotopic (exact) mass is 345 g/mol. The van der Waals surface area contributed by atoms with Crippen molar-refractivity contribution >= 4 is 17.8 Å². The average molecular weight is 345 g/mol. The zero-order valence-corrected chi connectivity index (χ0v) is 13.9. The summed E-state index contributed by atoms with van der Waals surface area (Å²) in [6.07, 6.45) is 3.88. The maximum Gasteiger partial charge on any atom is 0.322 e. The van der Waals surface area contributed by atoms with Gasteiger partial charge in [-0.25, -0.2) is 9.78 Å². The van der Waals surface area contributed by atoms with E-state index in [1.807, 2.05) is 13.0 Å². The molecule has 0 spiro atoms. The Morgan fingerprint density at radius 1 is 1.40 bits per heavy atom. The predicted octanol–water partition coefficient (Wildman–Crippen LogP) is -0.765. The van der Waals surface area contributed by atoms with Gasteiger partial charge in [-0.05, 0) is 13.0 Å². The summed E-state index contributed by atoms with van der Waals surface area (Å²) in [4.78, 5) is 40.3. The second-order valence-corrected chi connectivity index (χ2v) is 5.99. The van der Waals surface area contributed by atoms with Crippen LogP contribution in [0.4, 0.5) is 4.79 Å². The molecule has 1 atom stereocenters. The van der Waals surface area contributed by atoms with Crippen LogP contribution in [0.25, 0.3) is 0 Å². The first kappa shape index (κ1) is 16.7. The number of carbonyl (C=O) groups excluding carboxylic acids is 3. The molecule has 4 N–H and O–H groups in total. The molecule has 1 aliphatic heterocycles. The summed E-state index contributed by atoms with van der Waals surface area (Å²) >= 11 is 0. The Balaban J connectivity index is 1.67. The number of nitrogens with zero attached hydrogens (tertiary/aromatic N) is 3. The molecule has 1 fully saturated rings. The van der Waals surface area contributed by atoms with Gasteiger partial charge in [0.1, 0.15) is 5.82 Å². The van der Waals surface area contributed by atoms with Gasteiger partial charge in [0.25, 0.3) is 5.91 Å². The molecule has 1 unspecified atom stereocenters. The highest BCUT2D eigenvalue weighted by atomic mass is 16.2. The minimum absolute atomic E-state index is 0.0894. The molecule has 1 aliphatic rings. The molecule has 0 saturated carbocycles. The Hall–Kier alpha value is -3.17. The third kappa shape index (κ3) is 3.23. The summed E-state index contributed by atoms with van der Waals surface area (Å²) in [5.74, 6) is -0.447. The van der Waals surface area contributed by atoms with Gasteiger partial charge in [-0.15, -0.1) is 0 Å². The van der Waals surface area contributed by atoms with Crippen molar-refractivity contribution < 1.29 is 14.4 Å². The molecule has 1 saturated heterocycles. The first-order valence-corrected chi connectivity index (χ1v) is 7.80. The molecule has 0 radical (unpaired) electrons. The van der Waals surface area contributed by atoms with Crippen molar-refractivity contribution in [2.45, 2.75) is 25.3 Å². The summed E-state index contributed by atoms with van der Waals surface area (Å²) in [6.45, 7) is 1.79. The van der Waals surface area contributed by atoms with Crippen molar-refractivity contribution in [2.24, 2.45) is 7.05 Å². The van der Waals surface area contributed by atoms with Crippen LogP contribution in [0.15, 0.2) is 18.5 Å². The number of nitrogens with one attached hydrogen (secondary N) is 4. The second kappa shape index (κ2) is 6.38. The van der Waals surface area contributed by atoms with Gasteiger partial charge in [0.15, 0.2) is 5.54 Å². The van der Waals surface area contributed by atoms with Crippen molar-refractivity contribution in [2.75, 3.05) is 6.54 Å². The average Bonchev–Trinajstić information content (AvgIpc) is 3.24. The van der Waals surface area contributed by atoms with Crippen LogP contribution in [0.3, 0.4) is 0 Å². The third-order valence-electron chi connectivity index (χ3n) is 4.06. The van der Waals surface area contributed by atoms with E-state index in [0.29, 0.717) is 12.2 Å². The number of urea groups is 1. The molecule has 3 heterocycles. The molecule has 0 bridgehead atoms. The van der Waals surface area contributed by atoms with E-state index >= 15 is 0 Å². The highest BCUT2D eigenvalue weighted by Crippen LogP contribution is 2.22. The molecule has 4 amide bonds. The number of hydrogen-bond acceptors (Lipinski definition) is 5. The normalized spacial score (nSPS) is 19.6. The maximum absolute atomic E-state index is 12.3. The highest BCUT2D eigenvalue weighted by molar-refractivity contribution is 6.07. The fourth-order valence-corrected chi connectivity index (χ4v) is 2.79. The van der Waals surface area contributed by atoms with Gasteiger partial charge in [0, 0.05) is 38.0 Å². The Morgan fingerprint density at radius 3 is 2.76 bits per heavy atom. The van der Waals surface area contributed by atoms with Gasteiger partial charge in [-0.2, -0.15) is 5.10 Å². The molecule has 2 aromatic heterocycles. The van der Waals surface area contributed by atoms with E-state index in [2.05, 4.69) is 31.1 Å². The number of aryl methyl sites for hydroxylation is 3. The molecule has 3 rings (SSSR count). The predicted molar refractivity (Wildman–Crippen MR) is 86.2 cm³/mol. The Kier molecular flexibility index (Phi) is 4.26. The Morgan fingerprint density at radius 2 is 2.20 bits per heavy atom. The van der Waals surface area contributed by atoms with E-state index in [-0.39, 0.29) is 18.9 Å². The molecular formula is C15H19N7O3. The van der Waals surface area contributed by atoms with Gasteiger partial charge < -0.3 is 15.2 Å². The fourth-order valence-electron chi connectivity index (χ4n) is 2.79. The zero-order chi connectivity index (χ0) is 18.0. The quantitative estimate of drug-likeness (QED) is 0.510. The van der Waals surface area contributed by atoms with Gasteiger partial charge in [0.05, 0.1) is 12.2 Å². The SMILES string of the molecule is Cc1cc(CCC(=O)NCC2(c3nccn3C)NC(=O)NC2=O)n[nH]1. The summed E-state index contributed by atoms with van der Waals surface area (Å²) in [5, 5.41) is 14.4. The van der Waals surface area contributed by atoms with E-state index < -0.39 is 17.5 Å². The van der Waals surface area contributed by atoms with Crippen LogP contribution >= 0.6 is 0 Å². The largest absolute Gasteiger partial charge is 0.353 e. The molecule has 0 aliphatic carbocycles. The van der Waals surface area contributed by atoms with Crippen LogP contribution < -0.4 is 16.0 Å². The summed E-state index contributed by atoms with van der Waals surface area (Å²) in [7, 11) is 1.71. The van der Waals surface area contributed by atoms with Crippen molar-refractivity contribution in [1.82, 2.24) is 35.7 Å². The van der Waals surface area contributed by atoms with E-state index in [1.54, 1.807) is 17.8 Å². The van der Waals surface area contributed by atoms with Gasteiger partial charge in [-0.3, -0.25) is 20.0 Å². The minimum atomic E-state index is -1.42. The minimum Gasteiger partial charge on any atom is -0.353 e. The van der Waals surface area contributed by atoms with Gasteiger partial charge >= 0.3 is 6.03 Å². The maximum atomic E-state index is 12.3. The van der Waals surface area contributed by atoms with E-state index in [4.69, 9.17) is 0 Å².